The SMILES string of the molecule is CC(c1cc(OCc2ccccc2)cc(C(=O)O)c1OCc1ccccc1)(c1cc(OCc2ccccc2)cc(C(=O)O)c1OCc1ccccc1)S(=O)[O-]. The maximum atomic E-state index is 13.9. The Morgan fingerprint density at radius 1 is 0.527 bits per heavy atom. The largest absolute Gasteiger partial charge is 0.771 e. The second-order valence-corrected chi connectivity index (χ2v) is 14.0. The molecule has 1 unspecified atom stereocenters. The van der Waals surface area contributed by atoms with Gasteiger partial charge in [-0.05, 0) is 64.5 Å². The number of ether oxygens (including phenoxy) is 4. The van der Waals surface area contributed by atoms with E-state index in [1.165, 1.54) is 31.2 Å². The van der Waals surface area contributed by atoms with Gasteiger partial charge in [0.2, 0.25) is 0 Å². The van der Waals surface area contributed by atoms with E-state index in [2.05, 4.69) is 0 Å². The van der Waals surface area contributed by atoms with Crippen LogP contribution in [-0.4, -0.2) is 30.9 Å². The predicted molar refractivity (Wildman–Crippen MR) is 205 cm³/mol. The number of carbonyl (C=O) groups is 2. The zero-order chi connectivity index (χ0) is 38.8. The molecule has 0 amide bonds. The van der Waals surface area contributed by atoms with Crippen LogP contribution in [-0.2, 0) is 42.3 Å². The first kappa shape index (κ1) is 38.3. The second kappa shape index (κ2) is 17.6. The number of hydrogen-bond donors (Lipinski definition) is 2. The summed E-state index contributed by atoms with van der Waals surface area (Å²) in [6.45, 7) is 1.19. The van der Waals surface area contributed by atoms with Gasteiger partial charge >= 0.3 is 11.9 Å². The molecule has 280 valence electrons. The summed E-state index contributed by atoms with van der Waals surface area (Å²) in [6, 6.07) is 41.6. The van der Waals surface area contributed by atoms with Crippen molar-refractivity contribution < 1.29 is 47.5 Å². The molecule has 0 fully saturated rings. The van der Waals surface area contributed by atoms with Crippen LogP contribution in [0.5, 0.6) is 23.0 Å². The molecule has 11 heteroatoms. The predicted octanol–water partition coefficient (Wildman–Crippen LogP) is 8.54. The Morgan fingerprint density at radius 2 is 0.818 bits per heavy atom. The molecule has 0 aliphatic heterocycles. The van der Waals surface area contributed by atoms with E-state index in [9.17, 15) is 28.6 Å². The lowest BCUT2D eigenvalue weighted by atomic mass is 9.87. The van der Waals surface area contributed by atoms with E-state index >= 15 is 0 Å². The number of carboxylic acids is 2. The minimum atomic E-state index is -3.13. The molecule has 0 aromatic heterocycles. The van der Waals surface area contributed by atoms with Crippen molar-refractivity contribution in [3.63, 3.8) is 0 Å². The number of carboxylic acid groups (broad SMARTS) is 2. The van der Waals surface area contributed by atoms with Gasteiger partial charge in [-0.1, -0.05) is 121 Å². The van der Waals surface area contributed by atoms with Crippen LogP contribution in [0, 0.1) is 0 Å². The van der Waals surface area contributed by atoms with Gasteiger partial charge in [0.1, 0.15) is 60.6 Å². The average molecular weight is 758 g/mol. The maximum absolute atomic E-state index is 13.9. The number of benzene rings is 6. The second-order valence-electron chi connectivity index (χ2n) is 12.7. The van der Waals surface area contributed by atoms with E-state index in [0.717, 1.165) is 11.1 Å². The summed E-state index contributed by atoms with van der Waals surface area (Å²) >= 11 is -3.13. The Balaban J connectivity index is 1.57. The van der Waals surface area contributed by atoms with Gasteiger partial charge in [-0.2, -0.15) is 0 Å². The van der Waals surface area contributed by atoms with Crippen molar-refractivity contribution in [1.82, 2.24) is 0 Å². The molecule has 1 atom stereocenters. The first-order chi connectivity index (χ1) is 26.6. The molecule has 6 aromatic rings. The van der Waals surface area contributed by atoms with Crippen molar-refractivity contribution in [2.45, 2.75) is 38.1 Å². The Labute approximate surface area is 320 Å². The summed E-state index contributed by atoms with van der Waals surface area (Å²) in [5.41, 5.74) is 1.97. The smallest absolute Gasteiger partial charge is 0.339 e. The topological polar surface area (TPSA) is 152 Å². The molecule has 0 saturated carbocycles. The highest BCUT2D eigenvalue weighted by Crippen LogP contribution is 2.49. The van der Waals surface area contributed by atoms with Gasteiger partial charge < -0.3 is 33.7 Å². The van der Waals surface area contributed by atoms with Crippen molar-refractivity contribution in [3.8, 4) is 23.0 Å². The highest BCUT2D eigenvalue weighted by molar-refractivity contribution is 7.80. The molecule has 0 saturated heterocycles. The Hall–Kier alpha value is -6.43. The van der Waals surface area contributed by atoms with E-state index in [-0.39, 0.29) is 71.7 Å². The fraction of sp³-hybridized carbons (Fsp3) is 0.136. The third-order valence-corrected chi connectivity index (χ3v) is 10.0. The fourth-order valence-electron chi connectivity index (χ4n) is 5.97. The lowest BCUT2D eigenvalue weighted by molar-refractivity contribution is 0.0680. The minimum absolute atomic E-state index is 0.0398. The lowest BCUT2D eigenvalue weighted by Crippen LogP contribution is -2.32. The summed E-state index contributed by atoms with van der Waals surface area (Å²) in [4.78, 5) is 26.0. The fourth-order valence-corrected chi connectivity index (χ4v) is 6.64. The van der Waals surface area contributed by atoms with Crippen LogP contribution in [0.2, 0.25) is 0 Å². The Kier molecular flexibility index (Phi) is 12.3. The molecule has 6 rings (SSSR count). The van der Waals surface area contributed by atoms with E-state index in [0.29, 0.717) is 11.1 Å². The Bertz CT molecular complexity index is 2110. The van der Waals surface area contributed by atoms with E-state index in [1.807, 2.05) is 72.8 Å². The summed E-state index contributed by atoms with van der Waals surface area (Å²) in [5, 5.41) is 21.1. The number of rotatable bonds is 17. The Morgan fingerprint density at radius 3 is 1.09 bits per heavy atom. The zero-order valence-corrected chi connectivity index (χ0v) is 30.6. The maximum Gasteiger partial charge on any atom is 0.339 e. The van der Waals surface area contributed by atoms with E-state index in [4.69, 9.17) is 18.9 Å². The van der Waals surface area contributed by atoms with Crippen LogP contribution in [0.4, 0.5) is 0 Å². The molecule has 0 aliphatic rings. The normalized spacial score (nSPS) is 11.7. The van der Waals surface area contributed by atoms with Crippen LogP contribution < -0.4 is 18.9 Å². The van der Waals surface area contributed by atoms with Crippen LogP contribution in [0.3, 0.4) is 0 Å². The molecule has 2 N–H and O–H groups in total. The van der Waals surface area contributed by atoms with Crippen LogP contribution >= 0.6 is 0 Å². The van der Waals surface area contributed by atoms with Gasteiger partial charge in [-0.3, -0.25) is 4.21 Å². The summed E-state index contributed by atoms with van der Waals surface area (Å²) in [6.07, 6.45) is 0. The molecular weight excluding hydrogens is 721 g/mol. The summed E-state index contributed by atoms with van der Waals surface area (Å²) in [5.74, 6) is -3.22. The van der Waals surface area contributed by atoms with Crippen LogP contribution in [0.25, 0.3) is 0 Å². The van der Waals surface area contributed by atoms with Gasteiger partial charge in [-0.25, -0.2) is 9.59 Å². The first-order valence-corrected chi connectivity index (χ1v) is 18.3. The van der Waals surface area contributed by atoms with Crippen LogP contribution in [0.15, 0.2) is 146 Å². The van der Waals surface area contributed by atoms with E-state index < -0.39 is 27.8 Å². The van der Waals surface area contributed by atoms with Crippen LogP contribution in [0.1, 0.15) is 61.0 Å². The molecule has 6 aromatic carbocycles. The minimum Gasteiger partial charge on any atom is -0.771 e. The summed E-state index contributed by atoms with van der Waals surface area (Å²) < 4.78 is 50.3. The van der Waals surface area contributed by atoms with Gasteiger partial charge in [0.15, 0.2) is 0 Å². The van der Waals surface area contributed by atoms with Crippen molar-refractivity contribution >= 4 is 23.0 Å². The van der Waals surface area contributed by atoms with Gasteiger partial charge in [-0.15, -0.1) is 0 Å². The molecule has 0 bridgehead atoms. The molecule has 10 nitrogen and oxygen atoms in total. The van der Waals surface area contributed by atoms with Crippen molar-refractivity contribution in [2.24, 2.45) is 0 Å². The highest BCUT2D eigenvalue weighted by atomic mass is 32.2. The quantitative estimate of drug-likeness (QED) is 0.0866. The number of hydrogen-bond acceptors (Lipinski definition) is 8. The third-order valence-electron chi connectivity index (χ3n) is 8.90. The lowest BCUT2D eigenvalue weighted by Gasteiger charge is -2.36. The standard InChI is InChI=1S/C44H38O10S/c1-44(55(49)50,38-24-34(51-26-30-14-6-2-7-15-30)22-36(42(45)46)40(38)53-28-32-18-10-4-11-19-32)39-25-35(52-27-31-16-8-3-9-17-31)23-37(43(47)48)41(39)54-29-33-20-12-5-13-21-33/h2-25H,26-29H2,1H3,(H,45,46)(H,47,48)(H,49,50)/p-1. The molecule has 0 radical (unpaired) electrons. The molecule has 0 spiro atoms. The van der Waals surface area contributed by atoms with Crippen molar-refractivity contribution in [3.05, 3.63) is 190 Å². The zero-order valence-electron chi connectivity index (χ0n) is 29.8. The van der Waals surface area contributed by atoms with Gasteiger partial charge in [0.05, 0.1) is 4.75 Å². The number of aromatic carboxylic acids is 2. The third kappa shape index (κ3) is 9.21. The van der Waals surface area contributed by atoms with Crippen molar-refractivity contribution in [2.75, 3.05) is 0 Å². The van der Waals surface area contributed by atoms with E-state index in [1.54, 1.807) is 48.5 Å². The highest BCUT2D eigenvalue weighted by Gasteiger charge is 2.41. The monoisotopic (exact) mass is 757 g/mol. The first-order valence-electron chi connectivity index (χ1n) is 17.2. The average Bonchev–Trinajstić information content (AvgIpc) is 3.21. The molecule has 0 aliphatic carbocycles. The molecule has 55 heavy (non-hydrogen) atoms. The molecular formula is C44H37O10S-. The van der Waals surface area contributed by atoms with Gasteiger partial charge in [0, 0.05) is 11.1 Å². The molecule has 0 heterocycles. The van der Waals surface area contributed by atoms with Crippen molar-refractivity contribution in [1.29, 1.82) is 0 Å². The summed E-state index contributed by atoms with van der Waals surface area (Å²) in [7, 11) is 0. The van der Waals surface area contributed by atoms with Gasteiger partial charge in [0.25, 0.3) is 0 Å².